The predicted octanol–water partition coefficient (Wildman–Crippen LogP) is 2.62. The molecule has 2 N–H and O–H groups in total. The summed E-state index contributed by atoms with van der Waals surface area (Å²) >= 11 is 6.27. The van der Waals surface area contributed by atoms with Gasteiger partial charge < -0.3 is 20.1 Å². The summed E-state index contributed by atoms with van der Waals surface area (Å²) in [7, 11) is 0. The second-order valence-electron chi connectivity index (χ2n) is 6.08. The van der Waals surface area contributed by atoms with E-state index in [4.69, 9.17) is 21.1 Å². The van der Waals surface area contributed by atoms with Gasteiger partial charge in [-0.25, -0.2) is 0 Å². The van der Waals surface area contributed by atoms with Crippen molar-refractivity contribution in [3.63, 3.8) is 0 Å². The first-order chi connectivity index (χ1) is 11.2. The Bertz CT molecular complexity index is 591. The van der Waals surface area contributed by atoms with Gasteiger partial charge in [0.05, 0.1) is 5.02 Å². The summed E-state index contributed by atoms with van der Waals surface area (Å²) in [5.41, 5.74) is 1.11. The highest BCUT2D eigenvalue weighted by Crippen LogP contribution is 2.38. The van der Waals surface area contributed by atoms with E-state index in [1.807, 2.05) is 12.1 Å². The molecule has 126 valence electrons. The molecule has 0 spiro atoms. The van der Waals surface area contributed by atoms with Gasteiger partial charge in [-0.1, -0.05) is 18.5 Å². The van der Waals surface area contributed by atoms with Crippen LogP contribution in [0.15, 0.2) is 17.1 Å². The summed E-state index contributed by atoms with van der Waals surface area (Å²) in [6.07, 6.45) is 2.04. The zero-order valence-corrected chi connectivity index (χ0v) is 14.4. The van der Waals surface area contributed by atoms with Crippen molar-refractivity contribution in [1.82, 2.24) is 10.6 Å². The third-order valence-electron chi connectivity index (χ3n) is 4.10. The summed E-state index contributed by atoms with van der Waals surface area (Å²) in [6, 6.07) is 4.50. The maximum absolute atomic E-state index is 6.27. The average Bonchev–Trinajstić information content (AvgIpc) is 3.22. The number of nitrogens with zero attached hydrogens (tertiary/aromatic N) is 1. The molecule has 2 aliphatic rings. The lowest BCUT2D eigenvalue weighted by Crippen LogP contribution is -2.39. The minimum atomic E-state index is 0.549. The molecule has 1 heterocycles. The Morgan fingerprint density at radius 3 is 2.87 bits per heavy atom. The van der Waals surface area contributed by atoms with Crippen molar-refractivity contribution in [2.24, 2.45) is 10.9 Å². The Labute approximate surface area is 142 Å². The largest absolute Gasteiger partial charge is 0.486 e. The Morgan fingerprint density at radius 1 is 1.35 bits per heavy atom. The maximum atomic E-state index is 6.27. The van der Waals surface area contributed by atoms with E-state index >= 15 is 0 Å². The number of aliphatic imine (C=N–C) groups is 1. The summed E-state index contributed by atoms with van der Waals surface area (Å²) in [5, 5.41) is 7.36. The molecule has 0 radical (unpaired) electrons. The van der Waals surface area contributed by atoms with Crippen LogP contribution in [0.4, 0.5) is 0 Å². The van der Waals surface area contributed by atoms with Gasteiger partial charge in [-0.2, -0.15) is 0 Å². The molecule has 0 amide bonds. The fourth-order valence-corrected chi connectivity index (χ4v) is 2.91. The van der Waals surface area contributed by atoms with Gasteiger partial charge in [0.1, 0.15) is 13.2 Å². The van der Waals surface area contributed by atoms with E-state index in [2.05, 4.69) is 29.5 Å². The second kappa shape index (κ2) is 7.30. The van der Waals surface area contributed by atoms with Gasteiger partial charge in [0.15, 0.2) is 17.5 Å². The zero-order chi connectivity index (χ0) is 16.2. The van der Waals surface area contributed by atoms with Crippen molar-refractivity contribution in [1.29, 1.82) is 0 Å². The van der Waals surface area contributed by atoms with Gasteiger partial charge in [0, 0.05) is 19.1 Å². The van der Waals surface area contributed by atoms with E-state index in [1.165, 1.54) is 6.42 Å². The Kier molecular flexibility index (Phi) is 5.16. The number of nitrogens with one attached hydrogen (secondary N) is 2. The van der Waals surface area contributed by atoms with E-state index in [0.29, 0.717) is 36.6 Å². The van der Waals surface area contributed by atoms with E-state index < -0.39 is 0 Å². The molecule has 0 aromatic heterocycles. The first-order valence-electron chi connectivity index (χ1n) is 8.30. The van der Waals surface area contributed by atoms with Crippen molar-refractivity contribution in [3.8, 4) is 11.5 Å². The van der Waals surface area contributed by atoms with Crippen LogP contribution in [-0.4, -0.2) is 38.3 Å². The van der Waals surface area contributed by atoms with Crippen LogP contribution in [0.25, 0.3) is 0 Å². The van der Waals surface area contributed by atoms with Crippen molar-refractivity contribution < 1.29 is 9.47 Å². The molecule has 23 heavy (non-hydrogen) atoms. The van der Waals surface area contributed by atoms with Crippen molar-refractivity contribution >= 4 is 17.6 Å². The van der Waals surface area contributed by atoms with Gasteiger partial charge in [0.25, 0.3) is 0 Å². The molecule has 0 saturated heterocycles. The van der Waals surface area contributed by atoms with Crippen molar-refractivity contribution in [3.05, 3.63) is 22.7 Å². The molecule has 6 heteroatoms. The van der Waals surface area contributed by atoms with Crippen LogP contribution in [-0.2, 0) is 6.42 Å². The smallest absolute Gasteiger partial charge is 0.191 e. The second-order valence-corrected chi connectivity index (χ2v) is 6.48. The lowest BCUT2D eigenvalue weighted by Gasteiger charge is -2.20. The molecule has 1 aliphatic heterocycles. The number of halogens is 1. The molecular weight excluding hydrogens is 314 g/mol. The van der Waals surface area contributed by atoms with E-state index in [-0.39, 0.29) is 0 Å². The number of rotatable bonds is 5. The van der Waals surface area contributed by atoms with Crippen LogP contribution in [0.2, 0.25) is 5.02 Å². The molecule has 5 nitrogen and oxygen atoms in total. The quantitative estimate of drug-likeness (QED) is 0.640. The van der Waals surface area contributed by atoms with Crippen LogP contribution in [0.3, 0.4) is 0 Å². The lowest BCUT2D eigenvalue weighted by molar-refractivity contribution is 0.171. The molecular formula is C17H24ClN3O2. The highest BCUT2D eigenvalue weighted by Gasteiger charge is 2.33. The molecule has 2 atom stereocenters. The van der Waals surface area contributed by atoms with E-state index in [0.717, 1.165) is 36.2 Å². The number of ether oxygens (including phenoxy) is 2. The highest BCUT2D eigenvalue weighted by molar-refractivity contribution is 6.32. The summed E-state index contributed by atoms with van der Waals surface area (Å²) in [4.78, 5) is 4.64. The maximum Gasteiger partial charge on any atom is 0.191 e. The van der Waals surface area contributed by atoms with Gasteiger partial charge in [-0.15, -0.1) is 0 Å². The topological polar surface area (TPSA) is 54.9 Å². The van der Waals surface area contributed by atoms with Crippen molar-refractivity contribution in [2.45, 2.75) is 32.7 Å². The molecule has 1 aromatic carbocycles. The minimum Gasteiger partial charge on any atom is -0.486 e. The van der Waals surface area contributed by atoms with Crippen LogP contribution in [0.1, 0.15) is 25.8 Å². The monoisotopic (exact) mass is 337 g/mol. The number of hydrogen-bond acceptors (Lipinski definition) is 3. The van der Waals surface area contributed by atoms with Crippen molar-refractivity contribution in [2.75, 3.05) is 26.3 Å². The van der Waals surface area contributed by atoms with Crippen LogP contribution in [0.5, 0.6) is 11.5 Å². The molecule has 2 unspecified atom stereocenters. The summed E-state index contributed by atoms with van der Waals surface area (Å²) in [5.74, 6) is 3.03. The lowest BCUT2D eigenvalue weighted by atomic mass is 10.1. The predicted molar refractivity (Wildman–Crippen MR) is 92.8 cm³/mol. The first-order valence-corrected chi connectivity index (χ1v) is 8.68. The fraction of sp³-hybridized carbons (Fsp3) is 0.588. The SMILES string of the molecule is CCNC(=NCCc1cc(Cl)c2c(c1)OCCO2)NC1CC1C. The van der Waals surface area contributed by atoms with Gasteiger partial charge in [-0.3, -0.25) is 4.99 Å². The normalized spacial score (nSPS) is 22.7. The first kappa shape index (κ1) is 16.2. The Hall–Kier alpha value is -1.62. The molecule has 1 fully saturated rings. The van der Waals surface area contributed by atoms with Crippen LogP contribution < -0.4 is 20.1 Å². The van der Waals surface area contributed by atoms with Gasteiger partial charge in [0.2, 0.25) is 0 Å². The standard InChI is InChI=1S/C17H24ClN3O2/c1-3-19-17(21-14-8-11(14)2)20-5-4-12-9-13(18)16-15(10-12)22-6-7-23-16/h9-11,14H,3-8H2,1-2H3,(H2,19,20,21). The molecule has 0 bridgehead atoms. The summed E-state index contributed by atoms with van der Waals surface area (Å²) < 4.78 is 11.2. The third kappa shape index (κ3) is 4.22. The number of fused-ring (bicyclic) bond motifs is 1. The molecule has 1 saturated carbocycles. The van der Waals surface area contributed by atoms with Crippen LogP contribution in [0, 0.1) is 5.92 Å². The number of guanidine groups is 1. The third-order valence-corrected chi connectivity index (χ3v) is 4.38. The minimum absolute atomic E-state index is 0.549. The molecule has 3 rings (SSSR count). The van der Waals surface area contributed by atoms with Gasteiger partial charge in [-0.05, 0) is 43.4 Å². The van der Waals surface area contributed by atoms with Crippen LogP contribution >= 0.6 is 11.6 Å². The molecule has 1 aliphatic carbocycles. The highest BCUT2D eigenvalue weighted by atomic mass is 35.5. The summed E-state index contributed by atoms with van der Waals surface area (Å²) in [6.45, 7) is 7.01. The Morgan fingerprint density at radius 2 is 2.13 bits per heavy atom. The van der Waals surface area contributed by atoms with E-state index in [1.54, 1.807) is 0 Å². The molecule has 1 aromatic rings. The zero-order valence-electron chi connectivity index (χ0n) is 13.7. The number of hydrogen-bond donors (Lipinski definition) is 2. The Balaban J connectivity index is 1.60. The fourth-order valence-electron chi connectivity index (χ4n) is 2.62. The number of benzene rings is 1. The average molecular weight is 338 g/mol. The van der Waals surface area contributed by atoms with E-state index in [9.17, 15) is 0 Å². The van der Waals surface area contributed by atoms with Gasteiger partial charge >= 0.3 is 0 Å².